The van der Waals surface area contributed by atoms with E-state index in [9.17, 15) is 13.2 Å². The van der Waals surface area contributed by atoms with Crippen LogP contribution in [0.1, 0.15) is 31.7 Å². The summed E-state index contributed by atoms with van der Waals surface area (Å²) in [6.45, 7) is 4.91. The average molecular weight is 324 g/mol. The van der Waals surface area contributed by atoms with E-state index in [-0.39, 0.29) is 29.9 Å². The molecule has 1 unspecified atom stereocenters. The van der Waals surface area contributed by atoms with Crippen molar-refractivity contribution in [2.45, 2.75) is 26.2 Å². The third-order valence-corrected chi connectivity index (χ3v) is 5.78. The minimum Gasteiger partial charge on any atom is -0.376 e. The largest absolute Gasteiger partial charge is 0.376 e. The third-order valence-electron chi connectivity index (χ3n) is 3.95. The van der Waals surface area contributed by atoms with Gasteiger partial charge < -0.3 is 10.6 Å². The van der Waals surface area contributed by atoms with Gasteiger partial charge in [0, 0.05) is 12.2 Å². The van der Waals surface area contributed by atoms with Gasteiger partial charge in [-0.15, -0.1) is 0 Å². The van der Waals surface area contributed by atoms with Crippen molar-refractivity contribution in [3.63, 3.8) is 0 Å². The van der Waals surface area contributed by atoms with E-state index in [2.05, 4.69) is 24.5 Å². The molecule has 1 aliphatic heterocycles. The number of anilines is 1. The van der Waals surface area contributed by atoms with Gasteiger partial charge in [-0.1, -0.05) is 26.0 Å². The molecule has 0 bridgehead atoms. The highest BCUT2D eigenvalue weighted by atomic mass is 32.2. The lowest BCUT2D eigenvalue weighted by atomic mass is 10.0. The van der Waals surface area contributed by atoms with Crippen molar-refractivity contribution in [3.05, 3.63) is 29.8 Å². The molecule has 1 aromatic rings. The monoisotopic (exact) mass is 324 g/mol. The zero-order valence-electron chi connectivity index (χ0n) is 13.1. The van der Waals surface area contributed by atoms with Gasteiger partial charge in [-0.05, 0) is 36.0 Å². The standard InChI is InChI=1S/C16H24N2O3S/c1-12(2)14-3-5-15(6-4-14)17-10-16(19)18-9-13-7-8-22(20,21)11-13/h3-6,12-13,17H,7-11H2,1-2H3,(H,18,19). The van der Waals surface area contributed by atoms with Crippen molar-refractivity contribution < 1.29 is 13.2 Å². The Hall–Kier alpha value is -1.56. The van der Waals surface area contributed by atoms with E-state index in [1.165, 1.54) is 5.56 Å². The summed E-state index contributed by atoms with van der Waals surface area (Å²) in [6, 6.07) is 8.03. The van der Waals surface area contributed by atoms with E-state index in [1.54, 1.807) is 0 Å². The van der Waals surface area contributed by atoms with Crippen LogP contribution in [0.25, 0.3) is 0 Å². The molecule has 0 aromatic heterocycles. The van der Waals surface area contributed by atoms with Gasteiger partial charge in [0.25, 0.3) is 0 Å². The predicted octanol–water partition coefficient (Wildman–Crippen LogP) is 1.77. The summed E-state index contributed by atoms with van der Waals surface area (Å²) in [5, 5.41) is 5.87. The Morgan fingerprint density at radius 2 is 1.95 bits per heavy atom. The fourth-order valence-electron chi connectivity index (χ4n) is 2.52. The quantitative estimate of drug-likeness (QED) is 0.836. The Morgan fingerprint density at radius 1 is 1.27 bits per heavy atom. The highest BCUT2D eigenvalue weighted by Gasteiger charge is 2.27. The number of sulfone groups is 1. The van der Waals surface area contributed by atoms with Crippen LogP contribution in [0.2, 0.25) is 0 Å². The van der Waals surface area contributed by atoms with E-state index in [4.69, 9.17) is 0 Å². The first-order valence-corrected chi connectivity index (χ1v) is 9.49. The first-order chi connectivity index (χ1) is 10.4. The van der Waals surface area contributed by atoms with Crippen LogP contribution in [-0.4, -0.2) is 38.9 Å². The second kappa shape index (κ2) is 7.13. The minimum atomic E-state index is -2.88. The second-order valence-electron chi connectivity index (χ2n) is 6.20. The van der Waals surface area contributed by atoms with Crippen LogP contribution in [0.15, 0.2) is 24.3 Å². The molecule has 2 N–H and O–H groups in total. The van der Waals surface area contributed by atoms with Crippen molar-refractivity contribution in [1.82, 2.24) is 5.32 Å². The summed E-state index contributed by atoms with van der Waals surface area (Å²) in [5.74, 6) is 0.863. The van der Waals surface area contributed by atoms with Crippen molar-refractivity contribution >= 4 is 21.4 Å². The lowest BCUT2D eigenvalue weighted by Crippen LogP contribution is -2.34. The predicted molar refractivity (Wildman–Crippen MR) is 88.8 cm³/mol. The van der Waals surface area contributed by atoms with Crippen LogP contribution in [0.4, 0.5) is 5.69 Å². The lowest BCUT2D eigenvalue weighted by molar-refractivity contribution is -0.119. The van der Waals surface area contributed by atoms with E-state index >= 15 is 0 Å². The van der Waals surface area contributed by atoms with Gasteiger partial charge in [0.15, 0.2) is 9.84 Å². The molecular formula is C16H24N2O3S. The molecule has 1 amide bonds. The molecule has 0 aliphatic carbocycles. The average Bonchev–Trinajstić information content (AvgIpc) is 2.82. The zero-order chi connectivity index (χ0) is 16.2. The van der Waals surface area contributed by atoms with E-state index in [1.807, 2.05) is 24.3 Å². The topological polar surface area (TPSA) is 75.3 Å². The Labute approximate surface area is 132 Å². The highest BCUT2D eigenvalue weighted by molar-refractivity contribution is 7.91. The summed E-state index contributed by atoms with van der Waals surface area (Å²) in [7, 11) is -2.88. The van der Waals surface area contributed by atoms with Crippen molar-refractivity contribution in [2.24, 2.45) is 5.92 Å². The molecule has 0 spiro atoms. The van der Waals surface area contributed by atoms with Crippen LogP contribution >= 0.6 is 0 Å². The second-order valence-corrected chi connectivity index (χ2v) is 8.43. The van der Waals surface area contributed by atoms with E-state index < -0.39 is 9.84 Å². The number of nitrogens with one attached hydrogen (secondary N) is 2. The number of carbonyl (C=O) groups excluding carboxylic acids is 1. The Bertz CT molecular complexity index is 609. The summed E-state index contributed by atoms with van der Waals surface area (Å²) in [5.41, 5.74) is 2.17. The zero-order valence-corrected chi connectivity index (χ0v) is 13.9. The highest BCUT2D eigenvalue weighted by Crippen LogP contribution is 2.18. The van der Waals surface area contributed by atoms with Gasteiger partial charge in [-0.25, -0.2) is 8.42 Å². The fourth-order valence-corrected chi connectivity index (χ4v) is 4.38. The van der Waals surface area contributed by atoms with Crippen LogP contribution in [-0.2, 0) is 14.6 Å². The molecule has 1 aromatic carbocycles. The molecular weight excluding hydrogens is 300 g/mol. The lowest BCUT2D eigenvalue weighted by Gasteiger charge is -2.11. The van der Waals surface area contributed by atoms with Crippen molar-refractivity contribution in [1.29, 1.82) is 0 Å². The molecule has 1 saturated heterocycles. The molecule has 2 rings (SSSR count). The maximum absolute atomic E-state index is 11.8. The first kappa shape index (κ1) is 16.8. The fraction of sp³-hybridized carbons (Fsp3) is 0.562. The molecule has 0 saturated carbocycles. The Morgan fingerprint density at radius 3 is 2.50 bits per heavy atom. The maximum atomic E-state index is 11.8. The number of amides is 1. The van der Waals surface area contributed by atoms with Gasteiger partial charge in [0.05, 0.1) is 18.1 Å². The summed E-state index contributed by atoms with van der Waals surface area (Å²) >= 11 is 0. The van der Waals surface area contributed by atoms with Crippen LogP contribution in [0, 0.1) is 5.92 Å². The van der Waals surface area contributed by atoms with Crippen LogP contribution in [0.3, 0.4) is 0 Å². The minimum absolute atomic E-state index is 0.0549. The van der Waals surface area contributed by atoms with Crippen molar-refractivity contribution in [2.75, 3.05) is 29.9 Å². The third kappa shape index (κ3) is 5.02. The van der Waals surface area contributed by atoms with Gasteiger partial charge in [-0.3, -0.25) is 4.79 Å². The van der Waals surface area contributed by atoms with E-state index in [0.29, 0.717) is 18.9 Å². The van der Waals surface area contributed by atoms with Gasteiger partial charge in [-0.2, -0.15) is 0 Å². The number of carbonyl (C=O) groups is 1. The van der Waals surface area contributed by atoms with Gasteiger partial charge in [0.1, 0.15) is 0 Å². The number of rotatable bonds is 6. The van der Waals surface area contributed by atoms with Crippen LogP contribution in [0.5, 0.6) is 0 Å². The Balaban J connectivity index is 1.71. The molecule has 1 atom stereocenters. The van der Waals surface area contributed by atoms with Crippen molar-refractivity contribution in [3.8, 4) is 0 Å². The molecule has 1 aliphatic rings. The number of benzene rings is 1. The van der Waals surface area contributed by atoms with E-state index in [0.717, 1.165) is 5.69 Å². The first-order valence-electron chi connectivity index (χ1n) is 7.66. The van der Waals surface area contributed by atoms with Gasteiger partial charge in [0.2, 0.25) is 5.91 Å². The molecule has 1 fully saturated rings. The normalized spacial score (nSPS) is 20.0. The molecule has 22 heavy (non-hydrogen) atoms. The maximum Gasteiger partial charge on any atom is 0.239 e. The summed E-state index contributed by atoms with van der Waals surface area (Å²) in [6.07, 6.45) is 0.646. The molecule has 5 nitrogen and oxygen atoms in total. The summed E-state index contributed by atoms with van der Waals surface area (Å²) in [4.78, 5) is 11.8. The molecule has 6 heteroatoms. The summed E-state index contributed by atoms with van der Waals surface area (Å²) < 4.78 is 22.7. The van der Waals surface area contributed by atoms with Gasteiger partial charge >= 0.3 is 0 Å². The SMILES string of the molecule is CC(C)c1ccc(NCC(=O)NCC2CCS(=O)(=O)C2)cc1. The molecule has 122 valence electrons. The number of hydrogen-bond donors (Lipinski definition) is 2. The molecule has 1 heterocycles. The number of hydrogen-bond acceptors (Lipinski definition) is 4. The molecule has 0 radical (unpaired) electrons. The Kier molecular flexibility index (Phi) is 5.45. The van der Waals surface area contributed by atoms with Crippen LogP contribution < -0.4 is 10.6 Å². The smallest absolute Gasteiger partial charge is 0.239 e.